The number of nitrogens with zero attached hydrogens (tertiary/aromatic N) is 1. The van der Waals surface area contributed by atoms with Gasteiger partial charge in [0, 0.05) is 12.5 Å². The summed E-state index contributed by atoms with van der Waals surface area (Å²) in [5.41, 5.74) is 0.981. The van der Waals surface area contributed by atoms with Crippen molar-refractivity contribution >= 4 is 23.5 Å². The zero-order valence-electron chi connectivity index (χ0n) is 20.2. The lowest BCUT2D eigenvalue weighted by molar-refractivity contribution is -0.148. The quantitative estimate of drug-likeness (QED) is 0.520. The van der Waals surface area contributed by atoms with Crippen molar-refractivity contribution in [3.8, 4) is 11.5 Å². The van der Waals surface area contributed by atoms with Crippen LogP contribution < -0.4 is 19.7 Å². The van der Waals surface area contributed by atoms with Crippen LogP contribution in [0.1, 0.15) is 22.7 Å². The smallest absolute Gasteiger partial charge is 0.325 e. The molecule has 2 saturated heterocycles. The van der Waals surface area contributed by atoms with Crippen molar-refractivity contribution in [2.75, 3.05) is 18.1 Å². The molecule has 3 aromatic rings. The van der Waals surface area contributed by atoms with Crippen molar-refractivity contribution in [2.45, 2.75) is 24.9 Å². The monoisotopic (exact) mass is 498 g/mol. The summed E-state index contributed by atoms with van der Waals surface area (Å²) in [6.45, 7) is 2.66. The van der Waals surface area contributed by atoms with Crippen molar-refractivity contribution < 1.29 is 29.0 Å². The third kappa shape index (κ3) is 3.59. The van der Waals surface area contributed by atoms with Crippen LogP contribution >= 0.6 is 0 Å². The lowest BCUT2D eigenvalue weighted by Crippen LogP contribution is -2.57. The molecule has 0 bridgehead atoms. The van der Waals surface area contributed by atoms with E-state index in [1.807, 2.05) is 49.4 Å². The molecule has 3 aliphatic heterocycles. The van der Waals surface area contributed by atoms with Gasteiger partial charge in [-0.1, -0.05) is 54.6 Å². The number of carboxylic acids is 1. The zero-order chi connectivity index (χ0) is 25.7. The van der Waals surface area contributed by atoms with Gasteiger partial charge in [0.05, 0.1) is 17.5 Å². The van der Waals surface area contributed by atoms with E-state index in [4.69, 9.17) is 9.47 Å². The van der Waals surface area contributed by atoms with Crippen LogP contribution in [0.2, 0.25) is 0 Å². The van der Waals surface area contributed by atoms with E-state index in [0.717, 1.165) is 11.1 Å². The van der Waals surface area contributed by atoms with Gasteiger partial charge in [-0.3, -0.25) is 19.7 Å². The molecule has 0 aromatic heterocycles. The molecule has 2 N–H and O–H groups in total. The maximum Gasteiger partial charge on any atom is 0.325 e. The van der Waals surface area contributed by atoms with Gasteiger partial charge >= 0.3 is 5.97 Å². The Morgan fingerprint density at radius 2 is 1.68 bits per heavy atom. The molecule has 6 rings (SSSR count). The highest BCUT2D eigenvalue weighted by Gasteiger charge is 2.68. The standard InChI is InChI=1S/C29H26N2O6/c1-17-7-5-6-10-20(17)31-26(32)23-24(27(31)33)29(28(34)35,16-18-8-3-2-4-9-18)30-25(23)19-11-12-21-22(15-19)37-14-13-36-21/h2-12,15,23-25,30H,13-14,16H2,1H3,(H,34,35). The number of carboxylic acid groups (broad SMARTS) is 1. The van der Waals surface area contributed by atoms with E-state index in [-0.39, 0.29) is 6.42 Å². The van der Waals surface area contributed by atoms with Crippen LogP contribution in [0.4, 0.5) is 5.69 Å². The van der Waals surface area contributed by atoms with E-state index < -0.39 is 41.2 Å². The molecular formula is C29H26N2O6. The first-order chi connectivity index (χ1) is 17.9. The third-order valence-electron chi connectivity index (χ3n) is 7.64. The van der Waals surface area contributed by atoms with Crippen molar-refractivity contribution in [3.63, 3.8) is 0 Å². The topological polar surface area (TPSA) is 105 Å². The average Bonchev–Trinajstić information content (AvgIpc) is 3.39. The van der Waals surface area contributed by atoms with Crippen LogP contribution in [0.3, 0.4) is 0 Å². The maximum atomic E-state index is 14.0. The number of aryl methyl sites for hydroxylation is 1. The fraction of sp³-hybridized carbons (Fsp3) is 0.276. The zero-order valence-corrected chi connectivity index (χ0v) is 20.2. The van der Waals surface area contributed by atoms with Crippen LogP contribution in [0.15, 0.2) is 72.8 Å². The Hall–Kier alpha value is -4.17. The van der Waals surface area contributed by atoms with Crippen LogP contribution in [-0.4, -0.2) is 41.6 Å². The maximum absolute atomic E-state index is 14.0. The molecule has 0 aliphatic carbocycles. The minimum atomic E-state index is -1.69. The van der Waals surface area contributed by atoms with Crippen molar-refractivity contribution in [2.24, 2.45) is 11.8 Å². The van der Waals surface area contributed by atoms with Gasteiger partial charge in [0.15, 0.2) is 11.5 Å². The van der Waals surface area contributed by atoms with Gasteiger partial charge in [-0.25, -0.2) is 4.90 Å². The molecule has 8 nitrogen and oxygen atoms in total. The second-order valence-electron chi connectivity index (χ2n) is 9.77. The molecule has 3 aromatic carbocycles. The second kappa shape index (κ2) is 8.74. The normalized spacial score (nSPS) is 26.3. The van der Waals surface area contributed by atoms with E-state index in [1.165, 1.54) is 4.90 Å². The van der Waals surface area contributed by atoms with Gasteiger partial charge in [0.1, 0.15) is 18.8 Å². The molecule has 188 valence electrons. The molecule has 4 atom stereocenters. The number of anilines is 1. The number of aliphatic carboxylic acids is 1. The number of hydrogen-bond donors (Lipinski definition) is 2. The van der Waals surface area contributed by atoms with Gasteiger partial charge in [-0.15, -0.1) is 0 Å². The average molecular weight is 499 g/mol. The highest BCUT2D eigenvalue weighted by Crippen LogP contribution is 2.52. The van der Waals surface area contributed by atoms with E-state index in [9.17, 15) is 19.5 Å². The summed E-state index contributed by atoms with van der Waals surface area (Å²) >= 11 is 0. The minimum Gasteiger partial charge on any atom is -0.486 e. The Morgan fingerprint density at radius 3 is 2.41 bits per heavy atom. The number of amides is 2. The Labute approximate surface area is 213 Å². The molecule has 0 radical (unpaired) electrons. The number of para-hydroxylation sites is 1. The number of ether oxygens (including phenoxy) is 2. The van der Waals surface area contributed by atoms with Crippen molar-refractivity contribution in [1.82, 2.24) is 5.32 Å². The van der Waals surface area contributed by atoms with Gasteiger partial charge < -0.3 is 14.6 Å². The van der Waals surface area contributed by atoms with E-state index in [0.29, 0.717) is 36.0 Å². The first-order valence-corrected chi connectivity index (χ1v) is 12.3. The molecule has 2 amide bonds. The van der Waals surface area contributed by atoms with E-state index in [1.54, 1.807) is 30.3 Å². The minimum absolute atomic E-state index is 0.0476. The Kier molecular flexibility index (Phi) is 5.49. The van der Waals surface area contributed by atoms with Gasteiger partial charge in [0.2, 0.25) is 11.8 Å². The molecule has 3 aliphatic rings. The predicted molar refractivity (Wildman–Crippen MR) is 134 cm³/mol. The number of carbonyl (C=O) groups excluding carboxylic acids is 2. The lowest BCUT2D eigenvalue weighted by Gasteiger charge is -2.31. The molecule has 37 heavy (non-hydrogen) atoms. The number of imide groups is 1. The molecular weight excluding hydrogens is 472 g/mol. The number of carbonyl (C=O) groups is 3. The van der Waals surface area contributed by atoms with Crippen LogP contribution in [0.25, 0.3) is 0 Å². The van der Waals surface area contributed by atoms with Crippen LogP contribution in [0, 0.1) is 18.8 Å². The summed E-state index contributed by atoms with van der Waals surface area (Å²) in [6, 6.07) is 21.0. The fourth-order valence-corrected chi connectivity index (χ4v) is 5.95. The summed E-state index contributed by atoms with van der Waals surface area (Å²) in [5.74, 6) is -2.97. The number of hydrogen-bond acceptors (Lipinski definition) is 6. The van der Waals surface area contributed by atoms with Gasteiger partial charge in [-0.2, -0.15) is 0 Å². The summed E-state index contributed by atoms with van der Waals surface area (Å²) in [5, 5.41) is 13.9. The first-order valence-electron chi connectivity index (χ1n) is 12.3. The predicted octanol–water partition coefficient (Wildman–Crippen LogP) is 3.28. The molecule has 8 heteroatoms. The Bertz CT molecular complexity index is 1410. The highest BCUT2D eigenvalue weighted by atomic mass is 16.6. The molecule has 2 fully saturated rings. The molecule has 0 spiro atoms. The lowest BCUT2D eigenvalue weighted by atomic mass is 9.76. The van der Waals surface area contributed by atoms with Crippen molar-refractivity contribution in [3.05, 3.63) is 89.5 Å². The third-order valence-corrected chi connectivity index (χ3v) is 7.64. The fourth-order valence-electron chi connectivity index (χ4n) is 5.95. The Morgan fingerprint density at radius 1 is 0.973 bits per heavy atom. The van der Waals surface area contributed by atoms with E-state index >= 15 is 0 Å². The van der Waals surface area contributed by atoms with Crippen LogP contribution in [0.5, 0.6) is 11.5 Å². The number of nitrogens with one attached hydrogen (secondary N) is 1. The molecule has 3 heterocycles. The Balaban J connectivity index is 1.50. The van der Waals surface area contributed by atoms with Crippen molar-refractivity contribution in [1.29, 1.82) is 0 Å². The summed E-state index contributed by atoms with van der Waals surface area (Å²) < 4.78 is 11.4. The number of benzene rings is 3. The van der Waals surface area contributed by atoms with Gasteiger partial charge in [0.25, 0.3) is 0 Å². The molecule has 0 saturated carbocycles. The van der Waals surface area contributed by atoms with E-state index in [2.05, 4.69) is 5.32 Å². The number of fused-ring (bicyclic) bond motifs is 2. The number of rotatable bonds is 5. The molecule has 4 unspecified atom stereocenters. The summed E-state index contributed by atoms with van der Waals surface area (Å²) in [4.78, 5) is 42.3. The summed E-state index contributed by atoms with van der Waals surface area (Å²) in [6.07, 6.45) is 0.0476. The second-order valence-corrected chi connectivity index (χ2v) is 9.77. The SMILES string of the molecule is Cc1ccccc1N1C(=O)C2C(c3ccc4c(c3)OCCO4)NC(Cc3ccccc3)(C(=O)O)C2C1=O. The largest absolute Gasteiger partial charge is 0.486 e. The van der Waals surface area contributed by atoms with Gasteiger partial charge in [-0.05, 0) is 41.8 Å². The first kappa shape index (κ1) is 23.2. The highest BCUT2D eigenvalue weighted by molar-refractivity contribution is 6.24. The summed E-state index contributed by atoms with van der Waals surface area (Å²) in [7, 11) is 0. The van der Waals surface area contributed by atoms with Crippen LogP contribution in [-0.2, 0) is 20.8 Å².